The van der Waals surface area contributed by atoms with Gasteiger partial charge in [-0.05, 0) is 19.4 Å². The van der Waals surface area contributed by atoms with E-state index in [-0.39, 0.29) is 0 Å². The number of rotatable bonds is 6. The molecular formula is C11H17F2N3O2. The number of carbonyl (C=O) groups excluding carboxylic acids is 1. The first kappa shape index (κ1) is 14.6. The van der Waals surface area contributed by atoms with Crippen LogP contribution in [0.1, 0.15) is 30.0 Å². The maximum atomic E-state index is 12.1. The van der Waals surface area contributed by atoms with Crippen molar-refractivity contribution in [2.75, 3.05) is 6.54 Å². The molecule has 0 fully saturated rings. The van der Waals surface area contributed by atoms with Gasteiger partial charge in [0.25, 0.3) is 12.3 Å². The van der Waals surface area contributed by atoms with Crippen LogP contribution in [0.25, 0.3) is 0 Å². The first-order valence-corrected chi connectivity index (χ1v) is 5.80. The maximum absolute atomic E-state index is 12.1. The SMILES string of the molecule is CCc1cc(C(=O)NCC(O)C(F)F)n(CC)n1. The van der Waals surface area contributed by atoms with E-state index in [1.54, 1.807) is 6.07 Å². The summed E-state index contributed by atoms with van der Waals surface area (Å²) >= 11 is 0. The standard InChI is InChI=1S/C11H17F2N3O2/c1-3-7-5-8(16(4-2)15-7)11(18)14-6-9(17)10(12)13/h5,9-10,17H,3-4,6H2,1-2H3,(H,14,18). The highest BCUT2D eigenvalue weighted by Crippen LogP contribution is 2.06. The van der Waals surface area contributed by atoms with Crippen molar-refractivity contribution in [2.45, 2.75) is 39.3 Å². The molecule has 1 rings (SSSR count). The van der Waals surface area contributed by atoms with Crippen molar-refractivity contribution in [3.8, 4) is 0 Å². The molecule has 0 saturated heterocycles. The van der Waals surface area contributed by atoms with Gasteiger partial charge in [0.05, 0.1) is 5.69 Å². The summed E-state index contributed by atoms with van der Waals surface area (Å²) < 4.78 is 25.6. The molecule has 2 N–H and O–H groups in total. The van der Waals surface area contributed by atoms with Crippen molar-refractivity contribution in [1.29, 1.82) is 0 Å². The van der Waals surface area contributed by atoms with Gasteiger partial charge in [0.15, 0.2) is 0 Å². The second-order valence-corrected chi connectivity index (χ2v) is 3.80. The molecular weight excluding hydrogens is 244 g/mol. The number of aryl methyl sites for hydroxylation is 2. The molecule has 1 aromatic heterocycles. The predicted octanol–water partition coefficient (Wildman–Crippen LogP) is 0.821. The van der Waals surface area contributed by atoms with Crippen molar-refractivity contribution in [1.82, 2.24) is 15.1 Å². The minimum absolute atomic E-state index is 0.316. The Morgan fingerprint density at radius 1 is 1.56 bits per heavy atom. The van der Waals surface area contributed by atoms with Crippen LogP contribution in [0.3, 0.4) is 0 Å². The molecule has 0 radical (unpaired) electrons. The molecule has 1 heterocycles. The Morgan fingerprint density at radius 2 is 2.22 bits per heavy atom. The quantitative estimate of drug-likeness (QED) is 0.796. The fraction of sp³-hybridized carbons (Fsp3) is 0.636. The van der Waals surface area contributed by atoms with Crippen LogP contribution in [0.2, 0.25) is 0 Å². The fourth-order valence-corrected chi connectivity index (χ4v) is 1.44. The third kappa shape index (κ3) is 3.49. The molecule has 7 heteroatoms. The first-order chi connectivity index (χ1) is 8.49. The van der Waals surface area contributed by atoms with Gasteiger partial charge in [-0.15, -0.1) is 0 Å². The summed E-state index contributed by atoms with van der Waals surface area (Å²) in [6.07, 6.45) is -4.03. The van der Waals surface area contributed by atoms with Crippen LogP contribution in [0.15, 0.2) is 6.07 Å². The lowest BCUT2D eigenvalue weighted by Crippen LogP contribution is -2.36. The van der Waals surface area contributed by atoms with Crippen LogP contribution < -0.4 is 5.32 Å². The van der Waals surface area contributed by atoms with E-state index in [1.165, 1.54) is 4.68 Å². The zero-order valence-electron chi connectivity index (χ0n) is 10.4. The Kier molecular flexibility index (Phi) is 5.21. The van der Waals surface area contributed by atoms with Crippen molar-refractivity contribution in [3.05, 3.63) is 17.5 Å². The number of amides is 1. The van der Waals surface area contributed by atoms with Crippen molar-refractivity contribution in [2.24, 2.45) is 0 Å². The van der Waals surface area contributed by atoms with E-state index in [1.807, 2.05) is 13.8 Å². The summed E-state index contributed by atoms with van der Waals surface area (Å²) in [5, 5.41) is 15.4. The van der Waals surface area contributed by atoms with E-state index < -0.39 is 25.0 Å². The largest absolute Gasteiger partial charge is 0.385 e. The molecule has 0 spiro atoms. The molecule has 1 amide bonds. The monoisotopic (exact) mass is 261 g/mol. The maximum Gasteiger partial charge on any atom is 0.269 e. The van der Waals surface area contributed by atoms with Gasteiger partial charge in [-0.1, -0.05) is 6.92 Å². The van der Waals surface area contributed by atoms with Crippen LogP contribution in [-0.2, 0) is 13.0 Å². The Bertz CT molecular complexity index is 407. The molecule has 0 aliphatic rings. The van der Waals surface area contributed by atoms with Gasteiger partial charge in [-0.25, -0.2) is 8.78 Å². The Morgan fingerprint density at radius 3 is 2.72 bits per heavy atom. The van der Waals surface area contributed by atoms with Crippen molar-refractivity contribution >= 4 is 5.91 Å². The van der Waals surface area contributed by atoms with Gasteiger partial charge in [-0.3, -0.25) is 9.48 Å². The molecule has 0 saturated carbocycles. The number of aliphatic hydroxyl groups excluding tert-OH is 1. The summed E-state index contributed by atoms with van der Waals surface area (Å²) in [6.45, 7) is 3.77. The molecule has 0 aromatic carbocycles. The van der Waals surface area contributed by atoms with E-state index in [0.29, 0.717) is 18.7 Å². The number of hydrogen-bond donors (Lipinski definition) is 2. The average molecular weight is 261 g/mol. The van der Waals surface area contributed by atoms with Crippen LogP contribution >= 0.6 is 0 Å². The number of nitrogens with zero attached hydrogens (tertiary/aromatic N) is 2. The van der Waals surface area contributed by atoms with Crippen LogP contribution in [0, 0.1) is 0 Å². The molecule has 0 bridgehead atoms. The predicted molar refractivity (Wildman–Crippen MR) is 61.6 cm³/mol. The number of alkyl halides is 2. The van der Waals surface area contributed by atoms with Gasteiger partial charge in [0.2, 0.25) is 0 Å². The van der Waals surface area contributed by atoms with E-state index in [9.17, 15) is 13.6 Å². The van der Waals surface area contributed by atoms with Crippen LogP contribution in [0.5, 0.6) is 0 Å². The minimum Gasteiger partial charge on any atom is -0.385 e. The fourth-order valence-electron chi connectivity index (χ4n) is 1.44. The second kappa shape index (κ2) is 6.44. The summed E-state index contributed by atoms with van der Waals surface area (Å²) in [5.74, 6) is -0.510. The topological polar surface area (TPSA) is 67.2 Å². The zero-order valence-corrected chi connectivity index (χ0v) is 10.4. The van der Waals surface area contributed by atoms with E-state index in [0.717, 1.165) is 5.69 Å². The van der Waals surface area contributed by atoms with Gasteiger partial charge in [0, 0.05) is 13.1 Å². The number of halogens is 2. The van der Waals surface area contributed by atoms with E-state index in [2.05, 4.69) is 10.4 Å². The van der Waals surface area contributed by atoms with Gasteiger partial charge in [0.1, 0.15) is 11.8 Å². The lowest BCUT2D eigenvalue weighted by atomic mass is 10.3. The van der Waals surface area contributed by atoms with E-state index in [4.69, 9.17) is 5.11 Å². The Hall–Kier alpha value is -1.50. The average Bonchev–Trinajstić information content (AvgIpc) is 2.78. The van der Waals surface area contributed by atoms with Crippen molar-refractivity contribution in [3.63, 3.8) is 0 Å². The van der Waals surface area contributed by atoms with Gasteiger partial charge < -0.3 is 10.4 Å². The Balaban J connectivity index is 2.69. The summed E-state index contributed by atoms with van der Waals surface area (Å²) in [5.41, 5.74) is 1.08. The lowest BCUT2D eigenvalue weighted by molar-refractivity contribution is -0.00275. The third-order valence-corrected chi connectivity index (χ3v) is 2.49. The van der Waals surface area contributed by atoms with Crippen LogP contribution in [0.4, 0.5) is 8.78 Å². The number of hydrogen-bond acceptors (Lipinski definition) is 3. The highest BCUT2D eigenvalue weighted by Gasteiger charge is 2.19. The number of carbonyl (C=O) groups is 1. The third-order valence-electron chi connectivity index (χ3n) is 2.49. The van der Waals surface area contributed by atoms with Crippen LogP contribution in [-0.4, -0.2) is 39.9 Å². The highest BCUT2D eigenvalue weighted by atomic mass is 19.3. The summed E-state index contributed by atoms with van der Waals surface area (Å²) in [7, 11) is 0. The van der Waals surface area contributed by atoms with Gasteiger partial charge >= 0.3 is 0 Å². The Labute approximate surface area is 104 Å². The highest BCUT2D eigenvalue weighted by molar-refractivity contribution is 5.92. The molecule has 0 aliphatic heterocycles. The molecule has 1 aromatic rings. The number of nitrogens with one attached hydrogen (secondary N) is 1. The summed E-state index contributed by atoms with van der Waals surface area (Å²) in [4.78, 5) is 11.8. The minimum atomic E-state index is -2.87. The molecule has 5 nitrogen and oxygen atoms in total. The van der Waals surface area contributed by atoms with E-state index >= 15 is 0 Å². The molecule has 1 atom stereocenters. The molecule has 18 heavy (non-hydrogen) atoms. The zero-order chi connectivity index (χ0) is 13.7. The number of aliphatic hydroxyl groups is 1. The van der Waals surface area contributed by atoms with Gasteiger partial charge in [-0.2, -0.15) is 5.10 Å². The second-order valence-electron chi connectivity index (χ2n) is 3.80. The molecule has 0 aliphatic carbocycles. The van der Waals surface area contributed by atoms with Crippen molar-refractivity contribution < 1.29 is 18.7 Å². The summed E-state index contributed by atoms with van der Waals surface area (Å²) in [6, 6.07) is 1.62. The smallest absolute Gasteiger partial charge is 0.269 e. The molecule has 1 unspecified atom stereocenters. The molecule has 102 valence electrons. The number of aromatic nitrogens is 2. The normalized spacial score (nSPS) is 12.8. The lowest BCUT2D eigenvalue weighted by Gasteiger charge is -2.11. The first-order valence-electron chi connectivity index (χ1n) is 5.80.